The van der Waals surface area contributed by atoms with E-state index in [9.17, 15) is 10.1 Å². The van der Waals surface area contributed by atoms with Crippen LogP contribution >= 0.6 is 0 Å². The lowest BCUT2D eigenvalue weighted by atomic mass is 10.0. The van der Waals surface area contributed by atoms with Gasteiger partial charge in [-0.25, -0.2) is 0 Å². The van der Waals surface area contributed by atoms with Gasteiger partial charge in [0.15, 0.2) is 0 Å². The minimum Gasteiger partial charge on any atom is -0.264 e. The molecule has 0 saturated carbocycles. The van der Waals surface area contributed by atoms with E-state index < -0.39 is 0 Å². The summed E-state index contributed by atoms with van der Waals surface area (Å²) in [6.07, 6.45) is 0. The first-order valence-corrected chi connectivity index (χ1v) is 3.78. The molecule has 0 atom stereocenters. The molecule has 1 rings (SSSR count). The Bertz CT molecular complexity index is 307. The highest BCUT2D eigenvalue weighted by atomic mass is 16.6. The number of aryl methyl sites for hydroxylation is 1. The molecule has 0 unspecified atom stereocenters. The van der Waals surface area contributed by atoms with Gasteiger partial charge >= 0.3 is 0 Å². The predicted octanol–water partition coefficient (Wildman–Crippen LogP) is 2.08. The summed E-state index contributed by atoms with van der Waals surface area (Å²) >= 11 is 0. The summed E-state index contributed by atoms with van der Waals surface area (Å²) < 4.78 is 0. The molecule has 0 fully saturated rings. The summed E-state index contributed by atoms with van der Waals surface area (Å²) in [4.78, 5) is 9.93. The fourth-order valence-corrected chi connectivity index (χ4v) is 1.12. The molecule has 3 heteroatoms. The monoisotopic (exact) mass is 165 g/mol. The Kier molecular flexibility index (Phi) is 2.43. The van der Waals surface area contributed by atoms with Crippen molar-refractivity contribution in [3.05, 3.63) is 45.0 Å². The average Bonchev–Trinajstić information content (AvgIpc) is 1.98. The molecule has 0 amide bonds. The first-order chi connectivity index (χ1) is 5.61. The Hall–Kier alpha value is -1.38. The zero-order chi connectivity index (χ0) is 9.14. The fraction of sp³-hybridized carbons (Fsp3) is 0.333. The Morgan fingerprint density at radius 2 is 2.08 bits per heavy atom. The molecular formula is C9H11NO2. The maximum absolute atomic E-state index is 10.2. The molecule has 0 aliphatic heterocycles. The van der Waals surface area contributed by atoms with Crippen molar-refractivity contribution in [3.8, 4) is 0 Å². The van der Waals surface area contributed by atoms with Crippen LogP contribution in [-0.4, -0.2) is 4.92 Å². The highest BCUT2D eigenvalue weighted by molar-refractivity contribution is 5.32. The lowest BCUT2D eigenvalue weighted by Crippen LogP contribution is -2.01. The van der Waals surface area contributed by atoms with E-state index in [1.807, 2.05) is 26.0 Å². The zero-order valence-electron chi connectivity index (χ0n) is 7.20. The van der Waals surface area contributed by atoms with Crippen molar-refractivity contribution in [2.45, 2.75) is 20.4 Å². The topological polar surface area (TPSA) is 43.1 Å². The predicted molar refractivity (Wildman–Crippen MR) is 46.6 cm³/mol. The van der Waals surface area contributed by atoms with Crippen molar-refractivity contribution < 1.29 is 4.92 Å². The molecule has 0 radical (unpaired) electrons. The van der Waals surface area contributed by atoms with Gasteiger partial charge in [0.2, 0.25) is 6.54 Å². The number of nitrogens with zero attached hydrogens (tertiary/aromatic N) is 1. The van der Waals surface area contributed by atoms with Gasteiger partial charge in [-0.1, -0.05) is 18.2 Å². The molecule has 3 nitrogen and oxygen atoms in total. The summed E-state index contributed by atoms with van der Waals surface area (Å²) in [5.41, 5.74) is 2.93. The van der Waals surface area contributed by atoms with E-state index in [-0.39, 0.29) is 11.5 Å². The van der Waals surface area contributed by atoms with Crippen molar-refractivity contribution in [2.75, 3.05) is 0 Å². The van der Waals surface area contributed by atoms with Crippen molar-refractivity contribution >= 4 is 0 Å². The van der Waals surface area contributed by atoms with Crippen LogP contribution in [0.5, 0.6) is 0 Å². The largest absolute Gasteiger partial charge is 0.264 e. The quantitative estimate of drug-likeness (QED) is 0.497. The molecule has 0 N–H and O–H groups in total. The molecule has 12 heavy (non-hydrogen) atoms. The molecule has 0 aliphatic carbocycles. The lowest BCUT2D eigenvalue weighted by molar-refractivity contribution is -0.496. The van der Waals surface area contributed by atoms with E-state index >= 15 is 0 Å². The van der Waals surface area contributed by atoms with Crippen LogP contribution in [0.1, 0.15) is 16.7 Å². The molecule has 0 bridgehead atoms. The van der Waals surface area contributed by atoms with E-state index in [4.69, 9.17) is 0 Å². The van der Waals surface area contributed by atoms with E-state index in [0.29, 0.717) is 0 Å². The second-order valence-electron chi connectivity index (χ2n) is 2.85. The van der Waals surface area contributed by atoms with Crippen molar-refractivity contribution in [2.24, 2.45) is 0 Å². The van der Waals surface area contributed by atoms with E-state index in [1.165, 1.54) is 0 Å². The number of hydrogen-bond donors (Lipinski definition) is 0. The first-order valence-electron chi connectivity index (χ1n) is 3.78. The number of benzene rings is 1. The second kappa shape index (κ2) is 3.34. The number of nitro groups is 1. The molecule has 0 heterocycles. The van der Waals surface area contributed by atoms with Gasteiger partial charge in [0.25, 0.3) is 0 Å². The molecule has 0 aromatic heterocycles. The normalized spacial score (nSPS) is 9.83. The zero-order valence-corrected chi connectivity index (χ0v) is 7.20. The Labute approximate surface area is 71.2 Å². The molecule has 0 spiro atoms. The minimum atomic E-state index is -0.304. The highest BCUT2D eigenvalue weighted by Crippen LogP contribution is 2.12. The third kappa shape index (κ3) is 1.81. The van der Waals surface area contributed by atoms with Crippen LogP contribution in [0.4, 0.5) is 0 Å². The van der Waals surface area contributed by atoms with Crippen LogP contribution in [0, 0.1) is 24.0 Å². The Morgan fingerprint density at radius 1 is 1.42 bits per heavy atom. The van der Waals surface area contributed by atoms with E-state index in [2.05, 4.69) is 0 Å². The Balaban J connectivity index is 3.00. The fourth-order valence-electron chi connectivity index (χ4n) is 1.12. The smallest absolute Gasteiger partial charge is 0.229 e. The Morgan fingerprint density at radius 3 is 2.67 bits per heavy atom. The summed E-state index contributed by atoms with van der Waals surface area (Å²) in [7, 11) is 0. The molecule has 0 saturated heterocycles. The maximum atomic E-state index is 10.2. The summed E-state index contributed by atoms with van der Waals surface area (Å²) in [5, 5.41) is 10.2. The van der Waals surface area contributed by atoms with Crippen LogP contribution in [0.3, 0.4) is 0 Å². The third-order valence-electron chi connectivity index (χ3n) is 2.02. The van der Waals surface area contributed by atoms with Gasteiger partial charge in [0.05, 0.1) is 0 Å². The molecule has 1 aromatic carbocycles. The molecular weight excluding hydrogens is 154 g/mol. The average molecular weight is 165 g/mol. The first kappa shape index (κ1) is 8.71. The van der Waals surface area contributed by atoms with Crippen LogP contribution in [0.15, 0.2) is 18.2 Å². The van der Waals surface area contributed by atoms with Gasteiger partial charge in [-0.2, -0.15) is 0 Å². The molecule has 64 valence electrons. The summed E-state index contributed by atoms with van der Waals surface area (Å²) in [5.74, 6) is 0. The minimum absolute atomic E-state index is 0.0759. The SMILES string of the molecule is Cc1cccc(C[N+](=O)[O-])c1C. The van der Waals surface area contributed by atoms with E-state index in [1.54, 1.807) is 6.07 Å². The van der Waals surface area contributed by atoms with Gasteiger partial charge in [-0.15, -0.1) is 0 Å². The second-order valence-corrected chi connectivity index (χ2v) is 2.85. The van der Waals surface area contributed by atoms with Crippen molar-refractivity contribution in [3.63, 3.8) is 0 Å². The molecule has 1 aromatic rings. The van der Waals surface area contributed by atoms with Crippen molar-refractivity contribution in [1.29, 1.82) is 0 Å². The summed E-state index contributed by atoms with van der Waals surface area (Å²) in [6.45, 7) is 3.79. The third-order valence-corrected chi connectivity index (χ3v) is 2.02. The van der Waals surface area contributed by atoms with Crippen LogP contribution in [0.25, 0.3) is 0 Å². The number of hydrogen-bond acceptors (Lipinski definition) is 2. The van der Waals surface area contributed by atoms with Gasteiger partial charge in [0.1, 0.15) is 0 Å². The van der Waals surface area contributed by atoms with Crippen molar-refractivity contribution in [1.82, 2.24) is 0 Å². The van der Waals surface area contributed by atoms with Gasteiger partial charge in [-0.3, -0.25) is 10.1 Å². The van der Waals surface area contributed by atoms with Gasteiger partial charge in [-0.05, 0) is 25.0 Å². The number of rotatable bonds is 2. The van der Waals surface area contributed by atoms with E-state index in [0.717, 1.165) is 16.7 Å². The lowest BCUT2D eigenvalue weighted by Gasteiger charge is -2.03. The highest BCUT2D eigenvalue weighted by Gasteiger charge is 2.05. The standard InChI is InChI=1S/C9H11NO2/c1-7-4-3-5-9(8(7)2)6-10(11)12/h3-5H,6H2,1-2H3. The van der Waals surface area contributed by atoms with Gasteiger partial charge < -0.3 is 0 Å². The molecule has 0 aliphatic rings. The van der Waals surface area contributed by atoms with Gasteiger partial charge in [0, 0.05) is 10.5 Å². The maximum Gasteiger partial charge on any atom is 0.229 e. The van der Waals surface area contributed by atoms with Crippen LogP contribution in [-0.2, 0) is 6.54 Å². The summed E-state index contributed by atoms with van der Waals surface area (Å²) in [6, 6.07) is 5.60. The van der Waals surface area contributed by atoms with Crippen LogP contribution in [0.2, 0.25) is 0 Å². The van der Waals surface area contributed by atoms with Crippen LogP contribution < -0.4 is 0 Å².